The Hall–Kier alpha value is -1.05. The van der Waals surface area contributed by atoms with Gasteiger partial charge in [-0.2, -0.15) is 26.3 Å². The molecule has 2 aliphatic rings. The molecule has 0 bridgehead atoms. The molecule has 0 saturated heterocycles. The van der Waals surface area contributed by atoms with E-state index in [1.54, 1.807) is 6.92 Å². The predicted octanol–water partition coefficient (Wildman–Crippen LogP) is 5.21. The number of fused-ring (bicyclic) bond motifs is 1. The average molecular weight is 386 g/mol. The van der Waals surface area contributed by atoms with E-state index in [2.05, 4.69) is 0 Å². The first-order valence-electron chi connectivity index (χ1n) is 8.80. The van der Waals surface area contributed by atoms with E-state index in [0.29, 0.717) is 6.42 Å². The van der Waals surface area contributed by atoms with Gasteiger partial charge in [-0.25, -0.2) is 0 Å². The summed E-state index contributed by atoms with van der Waals surface area (Å²) in [5.41, 5.74) is -5.09. The van der Waals surface area contributed by atoms with Crippen LogP contribution in [0, 0.1) is 23.2 Å². The molecule has 8 heteroatoms. The number of aliphatic hydroxyl groups is 1. The molecule has 26 heavy (non-hydrogen) atoms. The minimum Gasteiger partial charge on any atom is -0.370 e. The van der Waals surface area contributed by atoms with Crippen LogP contribution in [0.3, 0.4) is 0 Å². The Bertz CT molecular complexity index is 551. The van der Waals surface area contributed by atoms with E-state index in [1.807, 2.05) is 6.92 Å². The first-order chi connectivity index (χ1) is 11.7. The number of carbonyl (C=O) groups excluding carboxylic acids is 1. The van der Waals surface area contributed by atoms with E-state index in [-0.39, 0.29) is 41.4 Å². The monoisotopic (exact) mass is 386 g/mol. The lowest BCUT2D eigenvalue weighted by Crippen LogP contribution is -2.55. The van der Waals surface area contributed by atoms with E-state index >= 15 is 0 Å². The fraction of sp³-hybridized carbons (Fsp3) is 0.833. The molecule has 4 unspecified atom stereocenters. The van der Waals surface area contributed by atoms with Crippen LogP contribution < -0.4 is 0 Å². The van der Waals surface area contributed by atoms with Crippen LogP contribution in [0.15, 0.2) is 12.2 Å². The van der Waals surface area contributed by atoms with E-state index < -0.39 is 18.0 Å². The van der Waals surface area contributed by atoms with Gasteiger partial charge in [0.2, 0.25) is 0 Å². The van der Waals surface area contributed by atoms with E-state index in [4.69, 9.17) is 5.11 Å². The van der Waals surface area contributed by atoms with Crippen molar-refractivity contribution in [2.45, 2.75) is 70.3 Å². The molecule has 0 amide bonds. The number of carbonyl (C=O) groups is 1. The van der Waals surface area contributed by atoms with Crippen LogP contribution in [0.25, 0.3) is 0 Å². The molecule has 2 aliphatic carbocycles. The normalized spacial score (nSPS) is 32.1. The molecule has 1 N–H and O–H groups in total. The molecule has 2 nitrogen and oxygen atoms in total. The van der Waals surface area contributed by atoms with Gasteiger partial charge in [0.25, 0.3) is 5.60 Å². The summed E-state index contributed by atoms with van der Waals surface area (Å²) in [6.07, 6.45) is -7.49. The Kier molecular flexibility index (Phi) is 5.59. The summed E-state index contributed by atoms with van der Waals surface area (Å²) in [5, 5.41) is 9.15. The topological polar surface area (TPSA) is 37.3 Å². The van der Waals surface area contributed by atoms with Crippen LogP contribution >= 0.6 is 0 Å². The molecule has 0 aliphatic heterocycles. The molecule has 4 atom stereocenters. The van der Waals surface area contributed by atoms with Gasteiger partial charge in [-0.1, -0.05) is 19.9 Å². The number of Topliss-reactive ketones (excluding diaryl/α,β-unsaturated/α-hetero) is 1. The lowest BCUT2D eigenvalue weighted by Gasteiger charge is -2.42. The molecule has 0 spiro atoms. The van der Waals surface area contributed by atoms with Crippen molar-refractivity contribution in [1.29, 1.82) is 0 Å². The van der Waals surface area contributed by atoms with Gasteiger partial charge in [0.05, 0.1) is 0 Å². The molecule has 150 valence electrons. The highest BCUT2D eigenvalue weighted by atomic mass is 19.4. The predicted molar refractivity (Wildman–Crippen MR) is 83.2 cm³/mol. The zero-order chi connectivity index (χ0) is 20.0. The molecule has 0 aromatic rings. The maximum absolute atomic E-state index is 12.7. The average Bonchev–Trinajstić information content (AvgIpc) is 2.83. The van der Waals surface area contributed by atoms with Gasteiger partial charge in [0.1, 0.15) is 5.78 Å². The Balaban J connectivity index is 2.12. The lowest BCUT2D eigenvalue weighted by atomic mass is 9.62. The summed E-state index contributed by atoms with van der Waals surface area (Å²) in [5.74, 6) is 0.0339. The van der Waals surface area contributed by atoms with Gasteiger partial charge in [-0.3, -0.25) is 4.79 Å². The standard InChI is InChI=1S/C18H24F6O2/c1-11(5-3-10-16(26,17(19,20)21)18(22,23)24)12-7-8-13-14(25)6-4-9-15(12,13)2/h3,10-13,26H,4-9H2,1-2H3/b10-3+. The van der Waals surface area contributed by atoms with Crippen molar-refractivity contribution in [2.75, 3.05) is 0 Å². The van der Waals surface area contributed by atoms with Gasteiger partial charge >= 0.3 is 12.4 Å². The Morgan fingerprint density at radius 2 is 1.77 bits per heavy atom. The van der Waals surface area contributed by atoms with Crippen molar-refractivity contribution in [3.05, 3.63) is 12.2 Å². The van der Waals surface area contributed by atoms with E-state index in [0.717, 1.165) is 31.8 Å². The van der Waals surface area contributed by atoms with Gasteiger partial charge < -0.3 is 5.11 Å². The maximum atomic E-state index is 12.7. The Morgan fingerprint density at radius 1 is 1.19 bits per heavy atom. The van der Waals surface area contributed by atoms with Gasteiger partial charge in [-0.15, -0.1) is 0 Å². The molecule has 0 aromatic heterocycles. The summed E-state index contributed by atoms with van der Waals surface area (Å²) < 4.78 is 76.2. The highest BCUT2D eigenvalue weighted by Gasteiger charge is 2.68. The van der Waals surface area contributed by atoms with Gasteiger partial charge in [-0.05, 0) is 55.4 Å². The van der Waals surface area contributed by atoms with Crippen molar-refractivity contribution in [1.82, 2.24) is 0 Å². The summed E-state index contributed by atoms with van der Waals surface area (Å²) >= 11 is 0. The Labute approximate surface area is 148 Å². The number of hydrogen-bond donors (Lipinski definition) is 1. The largest absolute Gasteiger partial charge is 0.429 e. The minimum absolute atomic E-state index is 0.0182. The third kappa shape index (κ3) is 3.53. The molecular weight excluding hydrogens is 362 g/mol. The van der Waals surface area contributed by atoms with Crippen LogP contribution in [-0.4, -0.2) is 28.8 Å². The van der Waals surface area contributed by atoms with Crippen molar-refractivity contribution in [3.63, 3.8) is 0 Å². The third-order valence-corrected chi connectivity index (χ3v) is 6.35. The van der Waals surface area contributed by atoms with Crippen LogP contribution in [0.2, 0.25) is 0 Å². The fourth-order valence-corrected chi connectivity index (χ4v) is 4.87. The first-order valence-corrected chi connectivity index (χ1v) is 8.80. The van der Waals surface area contributed by atoms with Crippen LogP contribution in [-0.2, 0) is 4.79 Å². The second-order valence-corrected chi connectivity index (χ2v) is 7.94. The van der Waals surface area contributed by atoms with Crippen molar-refractivity contribution >= 4 is 5.78 Å². The summed E-state index contributed by atoms with van der Waals surface area (Å²) in [4.78, 5) is 12.1. The highest BCUT2D eigenvalue weighted by Crippen LogP contribution is 2.57. The lowest BCUT2D eigenvalue weighted by molar-refractivity contribution is -0.347. The number of alkyl halides is 6. The van der Waals surface area contributed by atoms with Crippen LogP contribution in [0.4, 0.5) is 26.3 Å². The first kappa shape index (κ1) is 21.3. The smallest absolute Gasteiger partial charge is 0.370 e. The van der Waals surface area contributed by atoms with Gasteiger partial charge in [0, 0.05) is 12.3 Å². The Morgan fingerprint density at radius 3 is 2.31 bits per heavy atom. The van der Waals surface area contributed by atoms with Crippen molar-refractivity contribution in [2.24, 2.45) is 23.2 Å². The number of halogens is 6. The van der Waals surface area contributed by atoms with Crippen LogP contribution in [0.5, 0.6) is 0 Å². The summed E-state index contributed by atoms with van der Waals surface area (Å²) in [6, 6.07) is 0. The molecule has 2 fully saturated rings. The fourth-order valence-electron chi connectivity index (χ4n) is 4.87. The summed E-state index contributed by atoms with van der Waals surface area (Å²) in [6.45, 7) is 3.79. The number of hydrogen-bond acceptors (Lipinski definition) is 2. The molecular formula is C18H24F6O2. The summed E-state index contributed by atoms with van der Waals surface area (Å²) in [7, 11) is 0. The number of ketones is 1. The maximum Gasteiger partial charge on any atom is 0.429 e. The zero-order valence-corrected chi connectivity index (χ0v) is 14.8. The molecule has 2 rings (SSSR count). The SMILES string of the molecule is CC(C/C=C/C(O)(C(F)(F)F)C(F)(F)F)C1CCC2C(=O)CCCC21C. The zero-order valence-electron chi connectivity index (χ0n) is 14.8. The second kappa shape index (κ2) is 6.84. The third-order valence-electron chi connectivity index (χ3n) is 6.35. The molecule has 0 radical (unpaired) electrons. The van der Waals surface area contributed by atoms with Crippen molar-refractivity contribution < 1.29 is 36.2 Å². The molecule has 0 aromatic carbocycles. The van der Waals surface area contributed by atoms with Crippen LogP contribution in [0.1, 0.15) is 52.4 Å². The van der Waals surface area contributed by atoms with Crippen molar-refractivity contribution in [3.8, 4) is 0 Å². The van der Waals surface area contributed by atoms with Gasteiger partial charge in [0.15, 0.2) is 0 Å². The quantitative estimate of drug-likeness (QED) is 0.532. The molecule has 0 heterocycles. The molecule has 2 saturated carbocycles. The second-order valence-electron chi connectivity index (χ2n) is 7.94. The minimum atomic E-state index is -5.84. The highest BCUT2D eigenvalue weighted by molar-refractivity contribution is 5.83. The number of rotatable bonds is 4. The van der Waals surface area contributed by atoms with E-state index in [1.165, 1.54) is 0 Å². The van der Waals surface area contributed by atoms with E-state index in [9.17, 15) is 31.1 Å². The number of allylic oxidation sites excluding steroid dienone is 1.